The van der Waals surface area contributed by atoms with Crippen molar-refractivity contribution in [3.63, 3.8) is 0 Å². The molecule has 0 aliphatic carbocycles. The van der Waals surface area contributed by atoms with Gasteiger partial charge in [0, 0.05) is 19.6 Å². The highest BCUT2D eigenvalue weighted by Crippen LogP contribution is 2.25. The molecule has 4 N–H and O–H groups in total. The molecule has 0 bridgehead atoms. The van der Waals surface area contributed by atoms with Crippen LogP contribution >= 0.6 is 0 Å². The minimum Gasteiger partial charge on any atom is -0.395 e. The van der Waals surface area contributed by atoms with Crippen LogP contribution in [0.15, 0.2) is 19.0 Å². The van der Waals surface area contributed by atoms with Crippen LogP contribution in [0.5, 0.6) is 0 Å². The number of nitrogen functional groups attached to an aromatic ring is 1. The van der Waals surface area contributed by atoms with Gasteiger partial charge in [-0.25, -0.2) is 9.97 Å². The number of aliphatic hydroxyl groups excluding tert-OH is 1. The zero-order valence-electron chi connectivity index (χ0n) is 10.1. The highest BCUT2D eigenvalue weighted by molar-refractivity contribution is 5.74. The molecule has 0 aromatic carbocycles. The van der Waals surface area contributed by atoms with E-state index in [9.17, 15) is 0 Å². The maximum absolute atomic E-state index is 8.98. The Hall–Kier alpha value is -1.82. The van der Waals surface area contributed by atoms with Crippen LogP contribution in [0.2, 0.25) is 0 Å². The molecule has 0 aliphatic heterocycles. The Morgan fingerprint density at radius 1 is 1.59 bits per heavy atom. The first kappa shape index (κ1) is 13.2. The van der Waals surface area contributed by atoms with Crippen LogP contribution in [-0.4, -0.2) is 41.3 Å². The molecule has 0 fully saturated rings. The molecule has 1 rings (SSSR count). The van der Waals surface area contributed by atoms with Crippen LogP contribution in [0, 0.1) is 0 Å². The third-order valence-corrected chi connectivity index (χ3v) is 2.33. The molecular weight excluding hydrogens is 218 g/mol. The monoisotopic (exact) mass is 237 g/mol. The van der Waals surface area contributed by atoms with Crippen molar-refractivity contribution in [2.75, 3.05) is 42.2 Å². The van der Waals surface area contributed by atoms with Gasteiger partial charge in [-0.15, -0.1) is 6.58 Å². The van der Waals surface area contributed by atoms with Crippen molar-refractivity contribution in [1.29, 1.82) is 0 Å². The first-order valence-corrected chi connectivity index (χ1v) is 5.55. The Bertz CT molecular complexity index is 369. The van der Waals surface area contributed by atoms with E-state index in [1.807, 2.05) is 11.8 Å². The van der Waals surface area contributed by atoms with E-state index >= 15 is 0 Å². The van der Waals surface area contributed by atoms with E-state index in [0.29, 0.717) is 30.4 Å². The SMILES string of the molecule is C=CCNc1ncnc(N(CC)CCO)c1N. The van der Waals surface area contributed by atoms with Gasteiger partial charge in [0.25, 0.3) is 0 Å². The average Bonchev–Trinajstić information content (AvgIpc) is 2.35. The van der Waals surface area contributed by atoms with Crippen molar-refractivity contribution in [2.24, 2.45) is 0 Å². The largest absolute Gasteiger partial charge is 0.395 e. The van der Waals surface area contributed by atoms with E-state index in [1.54, 1.807) is 6.08 Å². The van der Waals surface area contributed by atoms with E-state index in [-0.39, 0.29) is 6.61 Å². The standard InChI is InChI=1S/C11H19N5O/c1-3-5-13-10-9(12)11(15-8-14-10)16(4-2)6-7-17/h3,8,17H,1,4-7,12H2,2H3,(H,13,14,15). The number of hydrogen-bond acceptors (Lipinski definition) is 6. The summed E-state index contributed by atoms with van der Waals surface area (Å²) >= 11 is 0. The van der Waals surface area contributed by atoms with E-state index in [0.717, 1.165) is 6.54 Å². The minimum atomic E-state index is 0.0622. The van der Waals surface area contributed by atoms with Crippen LogP contribution in [0.3, 0.4) is 0 Å². The van der Waals surface area contributed by atoms with Crippen LogP contribution in [0.4, 0.5) is 17.3 Å². The fourth-order valence-electron chi connectivity index (χ4n) is 1.48. The molecule has 6 nitrogen and oxygen atoms in total. The molecule has 1 aromatic heterocycles. The Kier molecular flexibility index (Phi) is 5.22. The molecular formula is C11H19N5O. The lowest BCUT2D eigenvalue weighted by atomic mass is 10.3. The topological polar surface area (TPSA) is 87.3 Å². The molecule has 0 unspecified atom stereocenters. The molecule has 17 heavy (non-hydrogen) atoms. The summed E-state index contributed by atoms with van der Waals surface area (Å²) in [6, 6.07) is 0. The number of hydrogen-bond donors (Lipinski definition) is 3. The van der Waals surface area contributed by atoms with Crippen molar-refractivity contribution in [1.82, 2.24) is 9.97 Å². The van der Waals surface area contributed by atoms with Crippen molar-refractivity contribution >= 4 is 17.3 Å². The molecule has 0 amide bonds. The normalized spacial score (nSPS) is 10.0. The average molecular weight is 237 g/mol. The summed E-state index contributed by atoms with van der Waals surface area (Å²) in [4.78, 5) is 10.1. The Morgan fingerprint density at radius 3 is 2.94 bits per heavy atom. The molecule has 1 aromatic rings. The van der Waals surface area contributed by atoms with Gasteiger partial charge in [0.1, 0.15) is 12.0 Å². The molecule has 0 spiro atoms. The van der Waals surface area contributed by atoms with E-state index in [1.165, 1.54) is 6.33 Å². The van der Waals surface area contributed by atoms with Gasteiger partial charge in [-0.2, -0.15) is 0 Å². The second kappa shape index (κ2) is 6.70. The van der Waals surface area contributed by atoms with Crippen LogP contribution < -0.4 is 16.0 Å². The zero-order chi connectivity index (χ0) is 12.7. The molecule has 0 radical (unpaired) electrons. The van der Waals surface area contributed by atoms with E-state index in [4.69, 9.17) is 10.8 Å². The Labute approximate surface area is 101 Å². The quantitative estimate of drug-likeness (QED) is 0.598. The van der Waals surface area contributed by atoms with E-state index in [2.05, 4.69) is 21.9 Å². The second-order valence-electron chi connectivity index (χ2n) is 3.43. The summed E-state index contributed by atoms with van der Waals surface area (Å²) in [5.74, 6) is 1.23. The maximum atomic E-state index is 8.98. The maximum Gasteiger partial charge on any atom is 0.157 e. The summed E-state index contributed by atoms with van der Waals surface area (Å²) < 4.78 is 0. The van der Waals surface area contributed by atoms with Crippen LogP contribution in [-0.2, 0) is 0 Å². The zero-order valence-corrected chi connectivity index (χ0v) is 10.1. The van der Waals surface area contributed by atoms with Crippen molar-refractivity contribution in [3.8, 4) is 0 Å². The van der Waals surface area contributed by atoms with Gasteiger partial charge in [-0.3, -0.25) is 0 Å². The molecule has 0 atom stereocenters. The molecule has 0 saturated carbocycles. The van der Waals surface area contributed by atoms with Crippen molar-refractivity contribution in [3.05, 3.63) is 19.0 Å². The highest BCUT2D eigenvalue weighted by Gasteiger charge is 2.12. The third-order valence-electron chi connectivity index (χ3n) is 2.33. The van der Waals surface area contributed by atoms with Gasteiger partial charge < -0.3 is 21.1 Å². The minimum absolute atomic E-state index is 0.0622. The van der Waals surface area contributed by atoms with Gasteiger partial charge in [-0.1, -0.05) is 6.08 Å². The number of aliphatic hydroxyl groups is 1. The summed E-state index contributed by atoms with van der Waals surface area (Å²) in [5, 5.41) is 12.0. The van der Waals surface area contributed by atoms with Gasteiger partial charge in [0.2, 0.25) is 0 Å². The van der Waals surface area contributed by atoms with E-state index < -0.39 is 0 Å². The lowest BCUT2D eigenvalue weighted by molar-refractivity contribution is 0.302. The summed E-state index contributed by atoms with van der Waals surface area (Å²) in [6.45, 7) is 7.47. The lowest BCUT2D eigenvalue weighted by Gasteiger charge is -2.22. The van der Waals surface area contributed by atoms with Gasteiger partial charge in [0.05, 0.1) is 6.61 Å². The molecule has 0 aliphatic rings. The molecule has 0 saturated heterocycles. The smallest absolute Gasteiger partial charge is 0.157 e. The number of nitrogens with zero attached hydrogens (tertiary/aromatic N) is 3. The van der Waals surface area contributed by atoms with Gasteiger partial charge in [0.15, 0.2) is 11.6 Å². The van der Waals surface area contributed by atoms with Gasteiger partial charge in [-0.05, 0) is 6.92 Å². The number of aromatic nitrogens is 2. The van der Waals surface area contributed by atoms with Crippen LogP contribution in [0.25, 0.3) is 0 Å². The van der Waals surface area contributed by atoms with Crippen molar-refractivity contribution in [2.45, 2.75) is 6.92 Å². The molecule has 1 heterocycles. The first-order chi connectivity index (χ1) is 8.24. The second-order valence-corrected chi connectivity index (χ2v) is 3.43. The number of nitrogens with two attached hydrogens (primary N) is 1. The Balaban J connectivity index is 2.94. The fraction of sp³-hybridized carbons (Fsp3) is 0.455. The number of likely N-dealkylation sites (N-methyl/N-ethyl adjacent to an activating group) is 1. The lowest BCUT2D eigenvalue weighted by Crippen LogP contribution is -2.28. The predicted molar refractivity (Wildman–Crippen MR) is 70.1 cm³/mol. The van der Waals surface area contributed by atoms with Crippen molar-refractivity contribution < 1.29 is 5.11 Å². The number of anilines is 3. The van der Waals surface area contributed by atoms with Crippen LogP contribution in [0.1, 0.15) is 6.92 Å². The van der Waals surface area contributed by atoms with Gasteiger partial charge >= 0.3 is 0 Å². The highest BCUT2D eigenvalue weighted by atomic mass is 16.3. The predicted octanol–water partition coefficient (Wildman–Crippen LogP) is 0.475. The summed E-state index contributed by atoms with van der Waals surface area (Å²) in [7, 11) is 0. The first-order valence-electron chi connectivity index (χ1n) is 5.55. The molecule has 6 heteroatoms. The summed E-state index contributed by atoms with van der Waals surface area (Å²) in [5.41, 5.74) is 6.48. The number of nitrogens with one attached hydrogen (secondary N) is 1. The molecule has 94 valence electrons. The Morgan fingerprint density at radius 2 is 2.35 bits per heavy atom. The third kappa shape index (κ3) is 3.32. The number of rotatable bonds is 7. The summed E-state index contributed by atoms with van der Waals surface area (Å²) in [6.07, 6.45) is 3.18. The fourth-order valence-corrected chi connectivity index (χ4v) is 1.48.